The third kappa shape index (κ3) is 2.97. The van der Waals surface area contributed by atoms with Gasteiger partial charge < -0.3 is 13.9 Å². The van der Waals surface area contributed by atoms with Gasteiger partial charge in [0.25, 0.3) is 5.89 Å². The number of rotatable bonds is 5. The van der Waals surface area contributed by atoms with Crippen LogP contribution in [0, 0.1) is 19.8 Å². The normalized spacial score (nSPS) is 16.1. The largest absolute Gasteiger partial charge is 0.481 e. The van der Waals surface area contributed by atoms with Crippen molar-refractivity contribution in [3.8, 4) is 11.5 Å². The van der Waals surface area contributed by atoms with Crippen molar-refractivity contribution >= 4 is 5.97 Å². The molecule has 3 heterocycles. The van der Waals surface area contributed by atoms with Gasteiger partial charge in [-0.1, -0.05) is 0 Å². The topological polar surface area (TPSA) is 92.6 Å². The van der Waals surface area contributed by atoms with E-state index < -0.39 is 5.97 Å². The number of carboxylic acid groups (broad SMARTS) is 1. The molecule has 1 saturated heterocycles. The van der Waals surface area contributed by atoms with Crippen LogP contribution in [0.2, 0.25) is 0 Å². The smallest absolute Gasteiger partial charge is 0.303 e. The molecular formula is C14H17N3O4. The fourth-order valence-electron chi connectivity index (χ4n) is 2.64. The Bertz CT molecular complexity index is 655. The molecule has 0 amide bonds. The van der Waals surface area contributed by atoms with Crippen LogP contribution in [0.1, 0.15) is 23.8 Å². The molecular weight excluding hydrogens is 274 g/mol. The summed E-state index contributed by atoms with van der Waals surface area (Å²) < 4.78 is 11.1. The highest BCUT2D eigenvalue weighted by Crippen LogP contribution is 2.26. The van der Waals surface area contributed by atoms with Crippen molar-refractivity contribution in [3.63, 3.8) is 0 Å². The predicted molar refractivity (Wildman–Crippen MR) is 72.5 cm³/mol. The lowest BCUT2D eigenvalue weighted by molar-refractivity contribution is -0.139. The van der Waals surface area contributed by atoms with E-state index in [1.165, 1.54) is 0 Å². The zero-order valence-electron chi connectivity index (χ0n) is 12.0. The van der Waals surface area contributed by atoms with E-state index in [0.717, 1.165) is 30.2 Å². The van der Waals surface area contributed by atoms with Crippen LogP contribution in [0.5, 0.6) is 0 Å². The summed E-state index contributed by atoms with van der Waals surface area (Å²) in [5.41, 5.74) is 0.818. The van der Waals surface area contributed by atoms with Gasteiger partial charge in [0.1, 0.15) is 11.5 Å². The summed E-state index contributed by atoms with van der Waals surface area (Å²) in [5, 5.41) is 16.8. The number of aromatic nitrogens is 2. The van der Waals surface area contributed by atoms with Gasteiger partial charge in [-0.2, -0.15) is 0 Å². The van der Waals surface area contributed by atoms with Crippen molar-refractivity contribution in [1.82, 2.24) is 15.1 Å². The number of hydrogen-bond acceptors (Lipinski definition) is 6. The maximum absolute atomic E-state index is 10.6. The molecule has 1 fully saturated rings. The lowest BCUT2D eigenvalue weighted by Gasteiger charge is -2.37. The van der Waals surface area contributed by atoms with Crippen LogP contribution in [0.15, 0.2) is 14.9 Å². The van der Waals surface area contributed by atoms with E-state index in [9.17, 15) is 4.79 Å². The molecule has 1 N–H and O–H groups in total. The molecule has 1 aliphatic heterocycles. The van der Waals surface area contributed by atoms with Crippen LogP contribution in [-0.4, -0.2) is 39.3 Å². The molecule has 0 unspecified atom stereocenters. The minimum absolute atomic E-state index is 0.221. The van der Waals surface area contributed by atoms with E-state index in [1.807, 2.05) is 19.9 Å². The van der Waals surface area contributed by atoms with Crippen molar-refractivity contribution in [2.45, 2.75) is 26.8 Å². The molecule has 1 aliphatic rings. The first-order chi connectivity index (χ1) is 10.0. The Morgan fingerprint density at radius 3 is 2.76 bits per heavy atom. The van der Waals surface area contributed by atoms with Gasteiger partial charge in [-0.25, -0.2) is 0 Å². The Hall–Kier alpha value is -2.15. The van der Waals surface area contributed by atoms with E-state index in [0.29, 0.717) is 18.3 Å². The number of furan rings is 1. The van der Waals surface area contributed by atoms with Crippen LogP contribution in [0.4, 0.5) is 0 Å². The van der Waals surface area contributed by atoms with E-state index in [1.54, 1.807) is 0 Å². The minimum atomic E-state index is -0.745. The Labute approximate surface area is 121 Å². The van der Waals surface area contributed by atoms with Crippen LogP contribution >= 0.6 is 0 Å². The van der Waals surface area contributed by atoms with Crippen molar-refractivity contribution in [2.75, 3.05) is 13.1 Å². The van der Waals surface area contributed by atoms with Crippen LogP contribution < -0.4 is 0 Å². The SMILES string of the molecule is Cc1cc(-c2nnc(CN3CC(CC(=O)O)C3)o2)c(C)o1. The van der Waals surface area contributed by atoms with Gasteiger partial charge in [0, 0.05) is 13.1 Å². The minimum Gasteiger partial charge on any atom is -0.481 e. The fraction of sp³-hybridized carbons (Fsp3) is 0.500. The summed E-state index contributed by atoms with van der Waals surface area (Å²) in [6, 6.07) is 1.87. The number of aliphatic carboxylic acids is 1. The Morgan fingerprint density at radius 2 is 2.14 bits per heavy atom. The Morgan fingerprint density at radius 1 is 1.38 bits per heavy atom. The van der Waals surface area contributed by atoms with Gasteiger partial charge in [0.2, 0.25) is 5.89 Å². The molecule has 0 aliphatic carbocycles. The monoisotopic (exact) mass is 291 g/mol. The maximum Gasteiger partial charge on any atom is 0.303 e. The van der Waals surface area contributed by atoms with Crippen LogP contribution in [0.3, 0.4) is 0 Å². The molecule has 2 aromatic heterocycles. The lowest BCUT2D eigenvalue weighted by atomic mass is 9.97. The van der Waals surface area contributed by atoms with Gasteiger partial charge in [0.15, 0.2) is 0 Å². The van der Waals surface area contributed by atoms with E-state index in [-0.39, 0.29) is 12.3 Å². The highest BCUT2D eigenvalue weighted by atomic mass is 16.4. The third-order valence-corrected chi connectivity index (χ3v) is 3.59. The molecule has 0 aromatic carbocycles. The highest BCUT2D eigenvalue weighted by molar-refractivity contribution is 5.67. The average molecular weight is 291 g/mol. The summed E-state index contributed by atoms with van der Waals surface area (Å²) in [6.07, 6.45) is 0.221. The van der Waals surface area contributed by atoms with Crippen molar-refractivity contribution in [3.05, 3.63) is 23.5 Å². The first kappa shape index (κ1) is 13.8. The Kier molecular flexibility index (Phi) is 3.50. The molecule has 0 radical (unpaired) electrons. The summed E-state index contributed by atoms with van der Waals surface area (Å²) in [7, 11) is 0. The number of carbonyl (C=O) groups is 1. The lowest BCUT2D eigenvalue weighted by Crippen LogP contribution is -2.46. The van der Waals surface area contributed by atoms with Crippen LogP contribution in [0.25, 0.3) is 11.5 Å². The second-order valence-corrected chi connectivity index (χ2v) is 5.49. The number of hydrogen-bond donors (Lipinski definition) is 1. The average Bonchev–Trinajstić information content (AvgIpc) is 2.92. The molecule has 2 aromatic rings. The van der Waals surface area contributed by atoms with Crippen LogP contribution in [-0.2, 0) is 11.3 Å². The van der Waals surface area contributed by atoms with Crippen molar-refractivity contribution < 1.29 is 18.7 Å². The second kappa shape index (κ2) is 5.33. The highest BCUT2D eigenvalue weighted by Gasteiger charge is 2.29. The second-order valence-electron chi connectivity index (χ2n) is 5.49. The summed E-state index contributed by atoms with van der Waals surface area (Å²) in [5.74, 6) is 2.04. The molecule has 7 nitrogen and oxygen atoms in total. The van der Waals surface area contributed by atoms with E-state index in [2.05, 4.69) is 15.1 Å². The molecule has 0 saturated carbocycles. The molecule has 0 bridgehead atoms. The number of nitrogens with zero attached hydrogens (tertiary/aromatic N) is 3. The summed E-state index contributed by atoms with van der Waals surface area (Å²) >= 11 is 0. The van der Waals surface area contributed by atoms with Gasteiger partial charge >= 0.3 is 5.97 Å². The zero-order valence-corrected chi connectivity index (χ0v) is 12.0. The molecule has 3 rings (SSSR count). The summed E-state index contributed by atoms with van der Waals surface area (Å²) in [6.45, 7) is 5.80. The first-order valence-corrected chi connectivity index (χ1v) is 6.85. The summed E-state index contributed by atoms with van der Waals surface area (Å²) in [4.78, 5) is 12.7. The third-order valence-electron chi connectivity index (χ3n) is 3.59. The number of aryl methyl sites for hydroxylation is 2. The molecule has 0 atom stereocenters. The Balaban J connectivity index is 1.59. The van der Waals surface area contributed by atoms with E-state index in [4.69, 9.17) is 13.9 Å². The number of carboxylic acids is 1. The molecule has 0 spiro atoms. The number of likely N-dealkylation sites (tertiary alicyclic amines) is 1. The van der Waals surface area contributed by atoms with Gasteiger partial charge in [0.05, 0.1) is 18.5 Å². The van der Waals surface area contributed by atoms with Crippen molar-refractivity contribution in [1.29, 1.82) is 0 Å². The first-order valence-electron chi connectivity index (χ1n) is 6.85. The zero-order chi connectivity index (χ0) is 15.0. The van der Waals surface area contributed by atoms with Gasteiger partial charge in [-0.05, 0) is 25.8 Å². The molecule has 112 valence electrons. The van der Waals surface area contributed by atoms with Crippen molar-refractivity contribution in [2.24, 2.45) is 5.92 Å². The molecule has 21 heavy (non-hydrogen) atoms. The quantitative estimate of drug-likeness (QED) is 0.898. The van der Waals surface area contributed by atoms with Gasteiger partial charge in [-0.15, -0.1) is 10.2 Å². The molecule has 7 heteroatoms. The van der Waals surface area contributed by atoms with E-state index >= 15 is 0 Å². The standard InChI is InChI=1S/C14H17N3O4/c1-8-3-11(9(2)20-8)14-16-15-12(21-14)7-17-5-10(6-17)4-13(18)19/h3,10H,4-7H2,1-2H3,(H,18,19). The van der Waals surface area contributed by atoms with Gasteiger partial charge in [-0.3, -0.25) is 9.69 Å². The fourth-order valence-corrected chi connectivity index (χ4v) is 2.64. The maximum atomic E-state index is 10.6. The predicted octanol–water partition coefficient (Wildman–Crippen LogP) is 1.85.